The van der Waals surface area contributed by atoms with Gasteiger partial charge >= 0.3 is 0 Å². The monoisotopic (exact) mass is 403 g/mol. The lowest BCUT2D eigenvalue weighted by Crippen LogP contribution is -2.07. The number of hydrogen-bond donors (Lipinski definition) is 0. The molecule has 0 spiro atoms. The summed E-state index contributed by atoms with van der Waals surface area (Å²) in [5.74, 6) is 0. The van der Waals surface area contributed by atoms with Crippen molar-refractivity contribution >= 4 is 14.7 Å². The van der Waals surface area contributed by atoms with Crippen molar-refractivity contribution in [2.75, 3.05) is 0 Å². The molecule has 0 N–H and O–H groups in total. The first kappa shape index (κ1) is 19.2. The zero-order valence-corrected chi connectivity index (χ0v) is 19.2. The molecule has 0 nitrogen and oxygen atoms in total. The Kier molecular flexibility index (Phi) is 4.79. The largest absolute Gasteiger partial charge is 0.0763 e. The van der Waals surface area contributed by atoms with E-state index in [9.17, 15) is 0 Å². The zero-order chi connectivity index (χ0) is 20.7. The van der Waals surface area contributed by atoms with Crippen molar-refractivity contribution in [1.82, 2.24) is 0 Å². The van der Waals surface area contributed by atoms with Gasteiger partial charge in [0.1, 0.15) is 0 Å². The van der Waals surface area contributed by atoms with Gasteiger partial charge in [-0.1, -0.05) is 99.7 Å². The minimum atomic E-state index is 0.172. The van der Waals surface area contributed by atoms with Crippen LogP contribution in [-0.4, -0.2) is 9.13 Å². The first-order valence-electron chi connectivity index (χ1n) is 10.8. The normalized spacial score (nSPS) is 15.7. The maximum absolute atomic E-state index is 3.86. The van der Waals surface area contributed by atoms with Crippen molar-refractivity contribution in [2.45, 2.75) is 33.2 Å². The molecule has 0 heterocycles. The van der Waals surface area contributed by atoms with Gasteiger partial charge in [0.2, 0.25) is 0 Å². The van der Waals surface area contributed by atoms with E-state index < -0.39 is 0 Å². The predicted molar refractivity (Wildman–Crippen MR) is 128 cm³/mol. The molecule has 0 aromatic heterocycles. The van der Waals surface area contributed by atoms with Gasteiger partial charge < -0.3 is 0 Å². The molecule has 30 heavy (non-hydrogen) atoms. The van der Waals surface area contributed by atoms with Crippen LogP contribution >= 0.6 is 0 Å². The summed E-state index contributed by atoms with van der Waals surface area (Å²) >= 11 is 0. The zero-order valence-electron chi connectivity index (χ0n) is 18.0. The number of benzene rings is 3. The molecule has 0 amide bonds. The molecular formula is C29H27Si. The number of allylic oxidation sites excluding steroid dienone is 4. The van der Waals surface area contributed by atoms with E-state index >= 15 is 0 Å². The van der Waals surface area contributed by atoms with Gasteiger partial charge in [-0.25, -0.2) is 0 Å². The lowest BCUT2D eigenvalue weighted by atomic mass is 9.87. The molecule has 0 saturated heterocycles. The highest BCUT2D eigenvalue weighted by Crippen LogP contribution is 2.37. The first-order valence-corrected chi connectivity index (χ1v) is 12.2. The molecule has 0 atom stereocenters. The predicted octanol–water partition coefficient (Wildman–Crippen LogP) is 5.48. The first-order chi connectivity index (χ1) is 14.5. The number of fused-ring (bicyclic) bond motifs is 2. The van der Waals surface area contributed by atoms with Crippen molar-refractivity contribution in [2.24, 2.45) is 5.41 Å². The third-order valence-corrected chi connectivity index (χ3v) is 7.62. The van der Waals surface area contributed by atoms with Gasteiger partial charge in [0, 0.05) is 9.13 Å². The molecule has 5 rings (SSSR count). The summed E-state index contributed by atoms with van der Waals surface area (Å²) in [4.78, 5) is 1.38. The molecule has 3 aromatic rings. The van der Waals surface area contributed by atoms with Crippen LogP contribution in [0.4, 0.5) is 0 Å². The fraction of sp³-hybridized carbons (Fsp3) is 0.207. The van der Waals surface area contributed by atoms with Crippen LogP contribution in [0.3, 0.4) is 0 Å². The van der Waals surface area contributed by atoms with Crippen molar-refractivity contribution in [1.29, 1.82) is 0 Å². The minimum Gasteiger partial charge on any atom is -0.0763 e. The van der Waals surface area contributed by atoms with Crippen molar-refractivity contribution in [3.05, 3.63) is 128 Å². The van der Waals surface area contributed by atoms with E-state index in [0.29, 0.717) is 0 Å². The molecule has 0 fully saturated rings. The van der Waals surface area contributed by atoms with E-state index in [1.807, 2.05) is 0 Å². The van der Waals surface area contributed by atoms with Crippen molar-refractivity contribution in [3.8, 4) is 0 Å². The van der Waals surface area contributed by atoms with Gasteiger partial charge in [0.05, 0.1) is 0 Å². The van der Waals surface area contributed by atoms with Gasteiger partial charge in [-0.2, -0.15) is 0 Å². The Morgan fingerprint density at radius 2 is 1.57 bits per heavy atom. The third-order valence-electron chi connectivity index (χ3n) is 6.16. The van der Waals surface area contributed by atoms with Gasteiger partial charge in [-0.3, -0.25) is 0 Å². The smallest absolute Gasteiger partial charge is 0.00818 e. The van der Waals surface area contributed by atoms with E-state index in [1.165, 1.54) is 48.3 Å². The molecule has 0 aliphatic heterocycles. The summed E-state index contributed by atoms with van der Waals surface area (Å²) in [5, 5.41) is 4.07. The van der Waals surface area contributed by atoms with Crippen LogP contribution in [0.2, 0.25) is 0 Å². The summed E-state index contributed by atoms with van der Waals surface area (Å²) in [6.07, 6.45) is 5.86. The number of hydrogen-bond acceptors (Lipinski definition) is 0. The SMILES string of the molecule is CC(C)(C)C1=CCC(C2=c3ccccc3=c3ccc(=[SiH]Cc4ccccc4)[c]c32)=C1. The molecule has 2 aliphatic carbocycles. The molecule has 2 aliphatic rings. The van der Waals surface area contributed by atoms with E-state index in [1.54, 1.807) is 0 Å². The summed E-state index contributed by atoms with van der Waals surface area (Å²) in [6.45, 7) is 6.91. The molecule has 1 heteroatoms. The number of rotatable bonds is 3. The maximum atomic E-state index is 3.86. The fourth-order valence-corrected chi connectivity index (χ4v) is 5.73. The van der Waals surface area contributed by atoms with Crippen LogP contribution in [-0.2, 0) is 6.04 Å². The van der Waals surface area contributed by atoms with Gasteiger partial charge in [-0.15, -0.1) is 0 Å². The van der Waals surface area contributed by atoms with E-state index in [2.05, 4.69) is 106 Å². The Bertz CT molecular complexity index is 1400. The molecular weight excluding hydrogens is 376 g/mol. The van der Waals surface area contributed by atoms with E-state index in [4.69, 9.17) is 0 Å². The topological polar surface area (TPSA) is 0 Å². The maximum Gasteiger partial charge on any atom is 0.00818 e. The van der Waals surface area contributed by atoms with Crippen LogP contribution in [0.1, 0.15) is 38.3 Å². The average molecular weight is 404 g/mol. The summed E-state index contributed by atoms with van der Waals surface area (Å²) in [7, 11) is 0.172. The van der Waals surface area contributed by atoms with Crippen LogP contribution in [0.25, 0.3) is 5.57 Å². The molecule has 0 unspecified atom stereocenters. The second-order valence-corrected chi connectivity index (χ2v) is 10.7. The van der Waals surface area contributed by atoms with E-state index in [0.717, 1.165) is 12.5 Å². The molecule has 147 valence electrons. The fourth-order valence-electron chi connectivity index (χ4n) is 4.52. The van der Waals surface area contributed by atoms with Crippen LogP contribution in [0.5, 0.6) is 0 Å². The van der Waals surface area contributed by atoms with Crippen LogP contribution in [0, 0.1) is 26.7 Å². The molecule has 0 saturated carbocycles. The lowest BCUT2D eigenvalue weighted by Gasteiger charge is -2.18. The summed E-state index contributed by atoms with van der Waals surface area (Å²) in [6, 6.07) is 29.3. The van der Waals surface area contributed by atoms with Gasteiger partial charge in [-0.05, 0) is 72.3 Å². The highest BCUT2D eigenvalue weighted by molar-refractivity contribution is 6.26. The highest BCUT2D eigenvalue weighted by Gasteiger charge is 2.23. The van der Waals surface area contributed by atoms with E-state index in [-0.39, 0.29) is 14.5 Å². The summed E-state index contributed by atoms with van der Waals surface area (Å²) in [5.41, 5.74) is 7.21. The Labute approximate surface area is 181 Å². The van der Waals surface area contributed by atoms with Crippen molar-refractivity contribution in [3.63, 3.8) is 0 Å². The second-order valence-electron chi connectivity index (χ2n) is 9.30. The average Bonchev–Trinajstić information content (AvgIpc) is 3.35. The Hall–Kier alpha value is -2.77. The second kappa shape index (κ2) is 7.48. The minimum absolute atomic E-state index is 0.172. The summed E-state index contributed by atoms with van der Waals surface area (Å²) < 4.78 is 0. The molecule has 1 radical (unpaired) electrons. The van der Waals surface area contributed by atoms with Crippen molar-refractivity contribution < 1.29 is 0 Å². The molecule has 3 aromatic carbocycles. The third kappa shape index (κ3) is 3.48. The highest BCUT2D eigenvalue weighted by atomic mass is 28.2. The Balaban J connectivity index is 1.64. The van der Waals surface area contributed by atoms with Gasteiger partial charge in [0.15, 0.2) is 0 Å². The van der Waals surface area contributed by atoms with Crippen LogP contribution in [0.15, 0.2) is 90.0 Å². The Morgan fingerprint density at radius 1 is 0.833 bits per heavy atom. The standard InChI is InChI=1S/C29H27Si/c1-29(2,3)22-14-13-21(17-22)28-26-12-8-7-11-24(26)25-16-15-23(18-27(25)28)30-19-20-9-5-4-6-10-20/h4-12,14-17,30H,13,19H2,1-3H3. The van der Waals surface area contributed by atoms with Gasteiger partial charge in [0.25, 0.3) is 0 Å². The molecule has 0 bridgehead atoms. The lowest BCUT2D eigenvalue weighted by molar-refractivity contribution is 0.518. The van der Waals surface area contributed by atoms with Crippen LogP contribution < -0.4 is 5.22 Å². The Morgan fingerprint density at radius 3 is 2.30 bits per heavy atom. The quantitative estimate of drug-likeness (QED) is 0.508.